The standard InChI is InChI=1S/C13H24N2O/c1-11(16)15-10-4-2-3-5-13(15)12-6-8-14-9-7-12/h12-14H,2-10H2,1H3. The summed E-state index contributed by atoms with van der Waals surface area (Å²) in [5, 5.41) is 3.41. The van der Waals surface area contributed by atoms with E-state index in [0.29, 0.717) is 6.04 Å². The van der Waals surface area contributed by atoms with Gasteiger partial charge in [-0.1, -0.05) is 12.8 Å². The smallest absolute Gasteiger partial charge is 0.219 e. The lowest BCUT2D eigenvalue weighted by atomic mass is 9.87. The average molecular weight is 224 g/mol. The van der Waals surface area contributed by atoms with E-state index < -0.39 is 0 Å². The molecule has 0 aromatic carbocycles. The first kappa shape index (κ1) is 11.9. The first-order valence-electron chi connectivity index (χ1n) is 6.77. The van der Waals surface area contributed by atoms with Gasteiger partial charge in [0.05, 0.1) is 0 Å². The molecule has 1 N–H and O–H groups in total. The van der Waals surface area contributed by atoms with Crippen molar-refractivity contribution >= 4 is 5.91 Å². The second kappa shape index (κ2) is 5.67. The Morgan fingerprint density at radius 3 is 2.56 bits per heavy atom. The molecule has 2 aliphatic rings. The highest BCUT2D eigenvalue weighted by Crippen LogP contribution is 2.28. The largest absolute Gasteiger partial charge is 0.340 e. The van der Waals surface area contributed by atoms with Gasteiger partial charge in [0.25, 0.3) is 0 Å². The maximum absolute atomic E-state index is 11.7. The highest BCUT2D eigenvalue weighted by Gasteiger charge is 2.30. The second-order valence-electron chi connectivity index (χ2n) is 5.22. The van der Waals surface area contributed by atoms with Gasteiger partial charge in [0.15, 0.2) is 0 Å². The maximum Gasteiger partial charge on any atom is 0.219 e. The number of carbonyl (C=O) groups is 1. The zero-order chi connectivity index (χ0) is 11.4. The van der Waals surface area contributed by atoms with Crippen molar-refractivity contribution in [1.82, 2.24) is 10.2 Å². The van der Waals surface area contributed by atoms with Crippen molar-refractivity contribution in [3.05, 3.63) is 0 Å². The molecule has 1 atom stereocenters. The van der Waals surface area contributed by atoms with Crippen LogP contribution in [-0.2, 0) is 4.79 Å². The van der Waals surface area contributed by atoms with E-state index in [1.54, 1.807) is 6.92 Å². The zero-order valence-electron chi connectivity index (χ0n) is 10.4. The molecule has 0 aromatic rings. The number of nitrogens with zero attached hydrogens (tertiary/aromatic N) is 1. The van der Waals surface area contributed by atoms with Crippen molar-refractivity contribution < 1.29 is 4.79 Å². The number of hydrogen-bond donors (Lipinski definition) is 1. The predicted octanol–water partition coefficient (Wildman–Crippen LogP) is 1.78. The highest BCUT2D eigenvalue weighted by atomic mass is 16.2. The van der Waals surface area contributed by atoms with Gasteiger partial charge in [0.2, 0.25) is 5.91 Å². The van der Waals surface area contributed by atoms with Gasteiger partial charge in [-0.3, -0.25) is 4.79 Å². The van der Waals surface area contributed by atoms with Gasteiger partial charge in [-0.2, -0.15) is 0 Å². The normalized spacial score (nSPS) is 28.8. The summed E-state index contributed by atoms with van der Waals surface area (Å²) in [6, 6.07) is 0.530. The van der Waals surface area contributed by atoms with Gasteiger partial charge >= 0.3 is 0 Å². The molecule has 3 nitrogen and oxygen atoms in total. The fourth-order valence-corrected chi connectivity index (χ4v) is 3.24. The van der Waals surface area contributed by atoms with Crippen LogP contribution in [-0.4, -0.2) is 36.5 Å². The van der Waals surface area contributed by atoms with Crippen molar-refractivity contribution in [3.8, 4) is 0 Å². The molecule has 0 bridgehead atoms. The Balaban J connectivity index is 2.03. The Morgan fingerprint density at radius 2 is 1.88 bits per heavy atom. The third-order valence-corrected chi connectivity index (χ3v) is 4.13. The fraction of sp³-hybridized carbons (Fsp3) is 0.923. The number of hydrogen-bond acceptors (Lipinski definition) is 2. The Kier molecular flexibility index (Phi) is 4.22. The molecule has 2 rings (SSSR count). The summed E-state index contributed by atoms with van der Waals surface area (Å²) < 4.78 is 0. The van der Waals surface area contributed by atoms with E-state index in [1.807, 2.05) is 0 Å². The molecule has 0 radical (unpaired) electrons. The monoisotopic (exact) mass is 224 g/mol. The van der Waals surface area contributed by atoms with Gasteiger partial charge in [0, 0.05) is 19.5 Å². The molecular formula is C13H24N2O. The van der Waals surface area contributed by atoms with Crippen LogP contribution in [0.2, 0.25) is 0 Å². The van der Waals surface area contributed by atoms with Crippen LogP contribution in [0.15, 0.2) is 0 Å². The van der Waals surface area contributed by atoms with E-state index in [9.17, 15) is 4.79 Å². The Bertz CT molecular complexity index is 236. The van der Waals surface area contributed by atoms with Crippen molar-refractivity contribution in [2.45, 2.75) is 51.5 Å². The topological polar surface area (TPSA) is 32.3 Å². The SMILES string of the molecule is CC(=O)N1CCCCCC1C1CCNCC1. The minimum absolute atomic E-state index is 0.283. The van der Waals surface area contributed by atoms with Crippen LogP contribution < -0.4 is 5.32 Å². The number of carbonyl (C=O) groups excluding carboxylic acids is 1. The number of amides is 1. The third kappa shape index (κ3) is 2.76. The second-order valence-corrected chi connectivity index (χ2v) is 5.22. The molecule has 2 saturated heterocycles. The lowest BCUT2D eigenvalue weighted by molar-refractivity contribution is -0.132. The molecular weight excluding hydrogens is 200 g/mol. The molecule has 0 aliphatic carbocycles. The summed E-state index contributed by atoms with van der Waals surface area (Å²) in [6.07, 6.45) is 7.51. The maximum atomic E-state index is 11.7. The fourth-order valence-electron chi connectivity index (χ4n) is 3.24. The predicted molar refractivity (Wildman–Crippen MR) is 65.2 cm³/mol. The van der Waals surface area contributed by atoms with E-state index in [0.717, 1.165) is 25.6 Å². The molecule has 0 saturated carbocycles. The molecule has 1 amide bonds. The van der Waals surface area contributed by atoms with Crippen LogP contribution in [0, 0.1) is 5.92 Å². The summed E-state index contributed by atoms with van der Waals surface area (Å²) in [5.41, 5.74) is 0. The summed E-state index contributed by atoms with van der Waals surface area (Å²) in [7, 11) is 0. The molecule has 0 spiro atoms. The van der Waals surface area contributed by atoms with Crippen LogP contribution in [0.4, 0.5) is 0 Å². The number of piperidine rings is 1. The van der Waals surface area contributed by atoms with E-state index in [2.05, 4.69) is 10.2 Å². The van der Waals surface area contributed by atoms with Crippen molar-refractivity contribution in [3.63, 3.8) is 0 Å². The van der Waals surface area contributed by atoms with Crippen LogP contribution in [0.3, 0.4) is 0 Å². The lowest BCUT2D eigenvalue weighted by Gasteiger charge is -2.37. The summed E-state index contributed by atoms with van der Waals surface area (Å²) in [4.78, 5) is 13.9. The lowest BCUT2D eigenvalue weighted by Crippen LogP contribution is -2.46. The van der Waals surface area contributed by atoms with Crippen LogP contribution in [0.25, 0.3) is 0 Å². The van der Waals surface area contributed by atoms with Gasteiger partial charge in [-0.25, -0.2) is 0 Å². The van der Waals surface area contributed by atoms with Gasteiger partial charge < -0.3 is 10.2 Å². The third-order valence-electron chi connectivity index (χ3n) is 4.13. The van der Waals surface area contributed by atoms with Crippen LogP contribution in [0.5, 0.6) is 0 Å². The van der Waals surface area contributed by atoms with Gasteiger partial charge in [0.1, 0.15) is 0 Å². The Morgan fingerprint density at radius 1 is 1.12 bits per heavy atom. The van der Waals surface area contributed by atoms with E-state index in [4.69, 9.17) is 0 Å². The molecule has 16 heavy (non-hydrogen) atoms. The molecule has 2 aliphatic heterocycles. The van der Waals surface area contributed by atoms with E-state index in [-0.39, 0.29) is 5.91 Å². The Labute approximate surface area is 98.6 Å². The highest BCUT2D eigenvalue weighted by molar-refractivity contribution is 5.73. The zero-order valence-corrected chi connectivity index (χ0v) is 10.4. The summed E-state index contributed by atoms with van der Waals surface area (Å²) in [5.74, 6) is 1.02. The first-order valence-corrected chi connectivity index (χ1v) is 6.77. The van der Waals surface area contributed by atoms with E-state index in [1.165, 1.54) is 38.5 Å². The minimum Gasteiger partial charge on any atom is -0.340 e. The number of likely N-dealkylation sites (tertiary alicyclic amines) is 1. The molecule has 92 valence electrons. The van der Waals surface area contributed by atoms with Crippen molar-refractivity contribution in [2.75, 3.05) is 19.6 Å². The van der Waals surface area contributed by atoms with Gasteiger partial charge in [-0.05, 0) is 44.7 Å². The van der Waals surface area contributed by atoms with Crippen molar-refractivity contribution in [1.29, 1.82) is 0 Å². The molecule has 3 heteroatoms. The summed E-state index contributed by atoms with van der Waals surface area (Å²) in [6.45, 7) is 4.99. The first-order chi connectivity index (χ1) is 7.79. The van der Waals surface area contributed by atoms with Gasteiger partial charge in [-0.15, -0.1) is 0 Å². The molecule has 0 aromatic heterocycles. The summed E-state index contributed by atoms with van der Waals surface area (Å²) >= 11 is 0. The average Bonchev–Trinajstić information content (AvgIpc) is 2.55. The van der Waals surface area contributed by atoms with Crippen molar-refractivity contribution in [2.24, 2.45) is 5.92 Å². The molecule has 2 heterocycles. The van der Waals surface area contributed by atoms with E-state index >= 15 is 0 Å². The molecule has 1 unspecified atom stereocenters. The van der Waals surface area contributed by atoms with Crippen LogP contribution in [0.1, 0.15) is 45.4 Å². The quantitative estimate of drug-likeness (QED) is 0.736. The number of rotatable bonds is 1. The molecule has 2 fully saturated rings. The Hall–Kier alpha value is -0.570. The van der Waals surface area contributed by atoms with Crippen LogP contribution >= 0.6 is 0 Å². The minimum atomic E-state index is 0.283. The number of nitrogens with one attached hydrogen (secondary N) is 1.